The average molecular weight is 416 g/mol. The van der Waals surface area contributed by atoms with E-state index in [4.69, 9.17) is 0 Å². The van der Waals surface area contributed by atoms with Gasteiger partial charge in [-0.1, -0.05) is 18.2 Å². The quantitative estimate of drug-likeness (QED) is 0.520. The largest absolute Gasteiger partial charge is 0.433 e. The van der Waals surface area contributed by atoms with Crippen molar-refractivity contribution in [3.63, 3.8) is 0 Å². The highest BCUT2D eigenvalue weighted by Crippen LogP contribution is 2.28. The molecule has 0 unspecified atom stereocenters. The summed E-state index contributed by atoms with van der Waals surface area (Å²) < 4.78 is 40.4. The molecule has 10 heteroatoms. The zero-order valence-corrected chi connectivity index (χ0v) is 15.9. The van der Waals surface area contributed by atoms with E-state index in [2.05, 4.69) is 9.97 Å². The molecule has 0 saturated heterocycles. The van der Waals surface area contributed by atoms with Gasteiger partial charge in [-0.25, -0.2) is 9.78 Å². The number of hydrogen-bond donors (Lipinski definition) is 1. The number of halogens is 3. The fraction of sp³-hybridized carbons (Fsp3) is 0.200. The molecule has 7 nitrogen and oxygen atoms in total. The van der Waals surface area contributed by atoms with E-state index >= 15 is 0 Å². The molecule has 0 radical (unpaired) electrons. The van der Waals surface area contributed by atoms with Crippen LogP contribution in [0.25, 0.3) is 21.9 Å². The molecule has 0 spiro atoms. The maximum absolute atomic E-state index is 13.0. The number of nitrogens with one attached hydrogen (secondary N) is 1. The topological polar surface area (TPSA) is 89.8 Å². The van der Waals surface area contributed by atoms with Gasteiger partial charge in [-0.05, 0) is 25.1 Å². The minimum Gasteiger partial charge on any atom is -0.358 e. The van der Waals surface area contributed by atoms with Gasteiger partial charge in [0.05, 0.1) is 11.9 Å². The number of carbonyl (C=O) groups is 1. The van der Waals surface area contributed by atoms with E-state index in [1.807, 2.05) is 0 Å². The van der Waals surface area contributed by atoms with Gasteiger partial charge in [0.25, 0.3) is 5.56 Å². The molecule has 0 fully saturated rings. The molecule has 0 aliphatic carbocycles. The highest BCUT2D eigenvalue weighted by Gasteiger charge is 2.33. The van der Waals surface area contributed by atoms with Crippen LogP contribution in [-0.4, -0.2) is 24.9 Å². The van der Waals surface area contributed by atoms with E-state index in [1.165, 1.54) is 7.05 Å². The zero-order chi connectivity index (χ0) is 21.8. The van der Waals surface area contributed by atoms with Crippen LogP contribution in [0.2, 0.25) is 0 Å². The molecule has 0 amide bonds. The highest BCUT2D eigenvalue weighted by molar-refractivity contribution is 6.09. The number of alkyl halides is 3. The van der Waals surface area contributed by atoms with Crippen LogP contribution in [0.3, 0.4) is 0 Å². The molecule has 30 heavy (non-hydrogen) atoms. The van der Waals surface area contributed by atoms with E-state index in [-0.39, 0.29) is 5.39 Å². The van der Waals surface area contributed by atoms with Crippen molar-refractivity contribution >= 4 is 27.7 Å². The third-order valence-corrected chi connectivity index (χ3v) is 4.95. The van der Waals surface area contributed by atoms with Crippen LogP contribution in [0.5, 0.6) is 0 Å². The van der Waals surface area contributed by atoms with Crippen LogP contribution in [0, 0.1) is 6.92 Å². The number of carbonyl (C=O) groups excluding carboxylic acids is 1. The number of pyridine rings is 1. The fourth-order valence-electron chi connectivity index (χ4n) is 3.53. The second kappa shape index (κ2) is 6.68. The van der Waals surface area contributed by atoms with Crippen LogP contribution in [-0.2, 0) is 19.8 Å². The highest BCUT2D eigenvalue weighted by atomic mass is 19.4. The predicted octanol–water partition coefficient (Wildman–Crippen LogP) is 2.79. The average Bonchev–Trinajstić information content (AvgIpc) is 3.04. The Bertz CT molecular complexity index is 1440. The van der Waals surface area contributed by atoms with E-state index in [0.717, 1.165) is 16.2 Å². The Morgan fingerprint density at radius 1 is 1.10 bits per heavy atom. The van der Waals surface area contributed by atoms with Crippen LogP contribution in [0.15, 0.2) is 46.0 Å². The molecule has 0 aliphatic heterocycles. The second-order valence-electron chi connectivity index (χ2n) is 6.89. The summed E-state index contributed by atoms with van der Waals surface area (Å²) in [5, 5.41) is 0.468. The second-order valence-corrected chi connectivity index (χ2v) is 6.89. The van der Waals surface area contributed by atoms with E-state index in [1.54, 1.807) is 31.2 Å². The summed E-state index contributed by atoms with van der Waals surface area (Å²) in [5.74, 6) is -0.469. The number of nitrogens with zero attached hydrogens (tertiary/aromatic N) is 3. The lowest BCUT2D eigenvalue weighted by Crippen LogP contribution is -2.41. The van der Waals surface area contributed by atoms with Gasteiger partial charge in [-0.2, -0.15) is 13.2 Å². The Balaban J connectivity index is 1.85. The summed E-state index contributed by atoms with van der Waals surface area (Å²) in [5.41, 5.74) is -1.74. The Labute approximate surface area is 166 Å². The van der Waals surface area contributed by atoms with Gasteiger partial charge >= 0.3 is 11.9 Å². The zero-order valence-electron chi connectivity index (χ0n) is 15.9. The number of rotatable bonds is 3. The van der Waals surface area contributed by atoms with Gasteiger partial charge in [0, 0.05) is 29.2 Å². The molecule has 0 atom stereocenters. The summed E-state index contributed by atoms with van der Waals surface area (Å²) in [6.07, 6.45) is -4.72. The van der Waals surface area contributed by atoms with Crippen molar-refractivity contribution in [2.45, 2.75) is 19.6 Å². The third kappa shape index (κ3) is 3.00. The summed E-state index contributed by atoms with van der Waals surface area (Å²) >= 11 is 0. The predicted molar refractivity (Wildman–Crippen MR) is 104 cm³/mol. The maximum atomic E-state index is 13.0. The number of aryl methyl sites for hydroxylation is 2. The normalized spacial score (nSPS) is 12.0. The van der Waals surface area contributed by atoms with Crippen LogP contribution in [0.4, 0.5) is 13.2 Å². The number of ketones is 1. The van der Waals surface area contributed by atoms with Crippen molar-refractivity contribution in [2.24, 2.45) is 7.05 Å². The minimum absolute atomic E-state index is 0.187. The van der Waals surface area contributed by atoms with Gasteiger partial charge in [0.2, 0.25) is 0 Å². The lowest BCUT2D eigenvalue weighted by molar-refractivity contribution is -0.141. The molecule has 0 aliphatic rings. The molecule has 3 heterocycles. The van der Waals surface area contributed by atoms with E-state index < -0.39 is 41.1 Å². The van der Waals surface area contributed by atoms with Gasteiger partial charge in [0.15, 0.2) is 5.78 Å². The van der Waals surface area contributed by atoms with Crippen molar-refractivity contribution in [2.75, 3.05) is 0 Å². The maximum Gasteiger partial charge on any atom is 0.433 e. The van der Waals surface area contributed by atoms with Crippen LogP contribution >= 0.6 is 0 Å². The number of aromatic nitrogens is 4. The van der Waals surface area contributed by atoms with Crippen LogP contribution in [0.1, 0.15) is 21.7 Å². The fourth-order valence-corrected chi connectivity index (χ4v) is 3.53. The molecular formula is C20H15F3N4O3. The monoisotopic (exact) mass is 416 g/mol. The summed E-state index contributed by atoms with van der Waals surface area (Å²) in [4.78, 5) is 44.9. The summed E-state index contributed by atoms with van der Waals surface area (Å²) in [6, 6.07) is 8.74. The Hall–Kier alpha value is -3.69. The Kier molecular flexibility index (Phi) is 4.37. The molecule has 0 bridgehead atoms. The molecule has 0 saturated carbocycles. The first kappa shape index (κ1) is 19.6. The van der Waals surface area contributed by atoms with Crippen molar-refractivity contribution in [3.8, 4) is 0 Å². The van der Waals surface area contributed by atoms with E-state index in [0.29, 0.717) is 27.3 Å². The van der Waals surface area contributed by atoms with Crippen molar-refractivity contribution < 1.29 is 18.0 Å². The van der Waals surface area contributed by atoms with Gasteiger partial charge in [-0.15, -0.1) is 0 Å². The SMILES string of the molecule is Cc1[nH]c2ccccc2c1C(=O)Cn1c(=O)c2ccc(C(F)(F)F)nc2n(C)c1=O. The van der Waals surface area contributed by atoms with Gasteiger partial charge in [0.1, 0.15) is 11.3 Å². The molecule has 3 aromatic heterocycles. The molecule has 154 valence electrons. The first-order valence-corrected chi connectivity index (χ1v) is 8.88. The van der Waals surface area contributed by atoms with Crippen molar-refractivity contribution in [3.05, 3.63) is 74.2 Å². The minimum atomic E-state index is -4.72. The summed E-state index contributed by atoms with van der Waals surface area (Å²) in [6.45, 7) is 1.16. The molecule has 4 aromatic rings. The molecule has 4 rings (SSSR count). The number of aromatic amines is 1. The first-order valence-electron chi connectivity index (χ1n) is 8.88. The number of benzene rings is 1. The standard InChI is InChI=1S/C20H15F3N4O3/c1-10-16(11-5-3-4-6-13(11)24-10)14(28)9-27-18(29)12-7-8-15(20(21,22)23)25-17(12)26(2)19(27)30/h3-8,24H,9H2,1-2H3. The molecule has 1 aromatic carbocycles. The number of para-hydroxylation sites is 1. The number of Topliss-reactive ketones (excluding diaryl/α,β-unsaturated/α-hetero) is 1. The Morgan fingerprint density at radius 3 is 2.50 bits per heavy atom. The lowest BCUT2D eigenvalue weighted by Gasteiger charge is -2.12. The molecular weight excluding hydrogens is 401 g/mol. The number of fused-ring (bicyclic) bond motifs is 2. The lowest BCUT2D eigenvalue weighted by atomic mass is 10.1. The first-order chi connectivity index (χ1) is 14.1. The molecule has 1 N–H and O–H groups in total. The number of hydrogen-bond acceptors (Lipinski definition) is 4. The Morgan fingerprint density at radius 2 is 1.80 bits per heavy atom. The van der Waals surface area contributed by atoms with Crippen LogP contribution < -0.4 is 11.2 Å². The van der Waals surface area contributed by atoms with Crippen molar-refractivity contribution in [1.29, 1.82) is 0 Å². The number of H-pyrrole nitrogens is 1. The third-order valence-electron chi connectivity index (χ3n) is 4.95. The summed E-state index contributed by atoms with van der Waals surface area (Å²) in [7, 11) is 1.20. The van der Waals surface area contributed by atoms with Gasteiger partial charge in [-0.3, -0.25) is 18.7 Å². The smallest absolute Gasteiger partial charge is 0.358 e. The van der Waals surface area contributed by atoms with Crippen molar-refractivity contribution in [1.82, 2.24) is 19.1 Å². The van der Waals surface area contributed by atoms with Gasteiger partial charge < -0.3 is 4.98 Å². The van der Waals surface area contributed by atoms with E-state index in [9.17, 15) is 27.6 Å².